The first-order valence-corrected chi connectivity index (χ1v) is 6.52. The summed E-state index contributed by atoms with van der Waals surface area (Å²) in [4.78, 5) is 0. The van der Waals surface area contributed by atoms with E-state index >= 15 is 0 Å². The summed E-state index contributed by atoms with van der Waals surface area (Å²) in [6.07, 6.45) is -0.463. The number of rotatable bonds is 2. The summed E-state index contributed by atoms with van der Waals surface area (Å²) in [5.41, 5.74) is 3.25. The zero-order valence-corrected chi connectivity index (χ0v) is 10.9. The number of hydrogen-bond acceptors (Lipinski definition) is 1. The number of aliphatic hydroxyl groups is 1. The van der Waals surface area contributed by atoms with E-state index in [2.05, 4.69) is 42.5 Å². The molecule has 0 aliphatic carbocycles. The van der Waals surface area contributed by atoms with Crippen molar-refractivity contribution >= 4 is 10.8 Å². The van der Waals surface area contributed by atoms with Crippen LogP contribution in [-0.4, -0.2) is 5.11 Å². The lowest BCUT2D eigenvalue weighted by Crippen LogP contribution is -1.95. The lowest BCUT2D eigenvalue weighted by Gasteiger charge is -2.14. The quantitative estimate of drug-likeness (QED) is 0.705. The van der Waals surface area contributed by atoms with Crippen molar-refractivity contribution in [1.82, 2.24) is 0 Å². The Kier molecular flexibility index (Phi) is 3.06. The highest BCUT2D eigenvalue weighted by Crippen LogP contribution is 2.33. The van der Waals surface area contributed by atoms with Crippen molar-refractivity contribution in [3.8, 4) is 11.1 Å². The first kappa shape index (κ1) is 11.9. The molecule has 94 valence electrons. The Labute approximate surface area is 113 Å². The van der Waals surface area contributed by atoms with Crippen LogP contribution < -0.4 is 0 Å². The Morgan fingerprint density at radius 1 is 0.737 bits per heavy atom. The van der Waals surface area contributed by atoms with E-state index in [9.17, 15) is 5.11 Å². The molecular weight excluding hydrogens is 232 g/mol. The second-order valence-corrected chi connectivity index (χ2v) is 4.79. The summed E-state index contributed by atoms with van der Waals surface area (Å²) >= 11 is 0. The van der Waals surface area contributed by atoms with Gasteiger partial charge in [0.2, 0.25) is 0 Å². The predicted molar refractivity (Wildman–Crippen MR) is 80.0 cm³/mol. The van der Waals surface area contributed by atoms with Crippen molar-refractivity contribution < 1.29 is 5.11 Å². The van der Waals surface area contributed by atoms with Gasteiger partial charge in [-0.2, -0.15) is 0 Å². The molecule has 1 atom stereocenters. The molecule has 0 bridgehead atoms. The zero-order valence-electron chi connectivity index (χ0n) is 10.9. The predicted octanol–water partition coefficient (Wildman–Crippen LogP) is 4.56. The highest BCUT2D eigenvalue weighted by atomic mass is 16.3. The van der Waals surface area contributed by atoms with Crippen LogP contribution in [0.5, 0.6) is 0 Å². The van der Waals surface area contributed by atoms with Gasteiger partial charge in [0, 0.05) is 0 Å². The SMILES string of the molecule is CC(O)c1ccccc1-c1cccc2ccccc12. The minimum Gasteiger partial charge on any atom is -0.389 e. The van der Waals surface area contributed by atoms with Gasteiger partial charge >= 0.3 is 0 Å². The van der Waals surface area contributed by atoms with Gasteiger partial charge in [0.15, 0.2) is 0 Å². The molecule has 0 saturated carbocycles. The second-order valence-electron chi connectivity index (χ2n) is 4.79. The van der Waals surface area contributed by atoms with E-state index in [-0.39, 0.29) is 0 Å². The fourth-order valence-electron chi connectivity index (χ4n) is 2.57. The zero-order chi connectivity index (χ0) is 13.2. The maximum absolute atomic E-state index is 9.94. The molecular formula is C18H16O. The van der Waals surface area contributed by atoms with Gasteiger partial charge in [-0.05, 0) is 34.4 Å². The third kappa shape index (κ3) is 2.13. The molecule has 0 amide bonds. The second kappa shape index (κ2) is 4.87. The van der Waals surface area contributed by atoms with E-state index in [4.69, 9.17) is 0 Å². The Bertz CT molecular complexity index is 708. The number of aliphatic hydroxyl groups excluding tert-OH is 1. The van der Waals surface area contributed by atoms with E-state index < -0.39 is 6.10 Å². The minimum atomic E-state index is -0.463. The fraction of sp³-hybridized carbons (Fsp3) is 0.111. The van der Waals surface area contributed by atoms with E-state index in [1.165, 1.54) is 16.3 Å². The maximum Gasteiger partial charge on any atom is 0.0767 e. The number of hydrogen-bond donors (Lipinski definition) is 1. The molecule has 3 rings (SSSR count). The van der Waals surface area contributed by atoms with Crippen LogP contribution in [0.1, 0.15) is 18.6 Å². The molecule has 0 aromatic heterocycles. The van der Waals surface area contributed by atoms with Crippen LogP contribution in [0.25, 0.3) is 21.9 Å². The largest absolute Gasteiger partial charge is 0.389 e. The first-order chi connectivity index (χ1) is 9.27. The Morgan fingerprint density at radius 2 is 1.37 bits per heavy atom. The van der Waals surface area contributed by atoms with Crippen LogP contribution in [0.15, 0.2) is 66.7 Å². The van der Waals surface area contributed by atoms with Crippen LogP contribution in [-0.2, 0) is 0 Å². The number of benzene rings is 3. The summed E-state index contributed by atoms with van der Waals surface area (Å²) in [5.74, 6) is 0. The topological polar surface area (TPSA) is 20.2 Å². The minimum absolute atomic E-state index is 0.463. The van der Waals surface area contributed by atoms with E-state index in [1.807, 2.05) is 31.2 Å². The van der Waals surface area contributed by atoms with Crippen LogP contribution >= 0.6 is 0 Å². The molecule has 0 fully saturated rings. The van der Waals surface area contributed by atoms with Crippen molar-refractivity contribution in [1.29, 1.82) is 0 Å². The molecule has 0 aliphatic rings. The van der Waals surface area contributed by atoms with Crippen LogP contribution in [0.2, 0.25) is 0 Å². The highest BCUT2D eigenvalue weighted by molar-refractivity contribution is 5.97. The van der Waals surface area contributed by atoms with Crippen LogP contribution in [0.4, 0.5) is 0 Å². The number of fused-ring (bicyclic) bond motifs is 1. The summed E-state index contributed by atoms with van der Waals surface area (Å²) in [6.45, 7) is 1.81. The average molecular weight is 248 g/mol. The molecule has 0 radical (unpaired) electrons. The molecule has 3 aromatic carbocycles. The van der Waals surface area contributed by atoms with Crippen molar-refractivity contribution in [2.75, 3.05) is 0 Å². The van der Waals surface area contributed by atoms with Gasteiger partial charge in [0.1, 0.15) is 0 Å². The summed E-state index contributed by atoms with van der Waals surface area (Å²) < 4.78 is 0. The Morgan fingerprint density at radius 3 is 2.21 bits per heavy atom. The van der Waals surface area contributed by atoms with Crippen molar-refractivity contribution in [2.45, 2.75) is 13.0 Å². The Hall–Kier alpha value is -2.12. The van der Waals surface area contributed by atoms with Gasteiger partial charge in [-0.1, -0.05) is 66.7 Å². The normalized spacial score (nSPS) is 12.5. The summed E-state index contributed by atoms with van der Waals surface area (Å²) in [7, 11) is 0. The third-order valence-electron chi connectivity index (χ3n) is 3.49. The molecule has 0 saturated heterocycles. The fourth-order valence-corrected chi connectivity index (χ4v) is 2.57. The average Bonchev–Trinajstić information content (AvgIpc) is 2.46. The van der Waals surface area contributed by atoms with Gasteiger partial charge in [-0.15, -0.1) is 0 Å². The van der Waals surface area contributed by atoms with Gasteiger partial charge in [0.05, 0.1) is 6.10 Å². The first-order valence-electron chi connectivity index (χ1n) is 6.52. The Balaban J connectivity index is 2.31. The highest BCUT2D eigenvalue weighted by Gasteiger charge is 2.10. The van der Waals surface area contributed by atoms with E-state index in [1.54, 1.807) is 0 Å². The van der Waals surface area contributed by atoms with Gasteiger partial charge in [-0.25, -0.2) is 0 Å². The monoisotopic (exact) mass is 248 g/mol. The van der Waals surface area contributed by atoms with Crippen molar-refractivity contribution in [3.05, 3.63) is 72.3 Å². The molecule has 1 N–H and O–H groups in total. The lowest BCUT2D eigenvalue weighted by atomic mass is 9.93. The van der Waals surface area contributed by atoms with Gasteiger partial charge in [0.25, 0.3) is 0 Å². The third-order valence-corrected chi connectivity index (χ3v) is 3.49. The standard InChI is InChI=1S/C18H16O/c1-13(19)15-9-4-5-11-17(15)18-12-6-8-14-7-2-3-10-16(14)18/h2-13,19H,1H3. The molecule has 1 nitrogen and oxygen atoms in total. The van der Waals surface area contributed by atoms with Gasteiger partial charge < -0.3 is 5.11 Å². The van der Waals surface area contributed by atoms with Crippen molar-refractivity contribution in [3.63, 3.8) is 0 Å². The molecule has 1 unspecified atom stereocenters. The molecule has 1 heteroatoms. The van der Waals surface area contributed by atoms with Gasteiger partial charge in [-0.3, -0.25) is 0 Å². The molecule has 0 heterocycles. The van der Waals surface area contributed by atoms with Crippen molar-refractivity contribution in [2.24, 2.45) is 0 Å². The summed E-state index contributed by atoms with van der Waals surface area (Å²) in [5, 5.41) is 12.4. The molecule has 0 spiro atoms. The maximum atomic E-state index is 9.94. The lowest BCUT2D eigenvalue weighted by molar-refractivity contribution is 0.200. The molecule has 19 heavy (non-hydrogen) atoms. The van der Waals surface area contributed by atoms with Crippen LogP contribution in [0.3, 0.4) is 0 Å². The smallest absolute Gasteiger partial charge is 0.0767 e. The van der Waals surface area contributed by atoms with E-state index in [0.29, 0.717) is 0 Å². The molecule has 3 aromatic rings. The van der Waals surface area contributed by atoms with E-state index in [0.717, 1.165) is 11.1 Å². The summed E-state index contributed by atoms with van der Waals surface area (Å²) in [6, 6.07) is 22.7. The van der Waals surface area contributed by atoms with Crippen LogP contribution in [0, 0.1) is 0 Å². The molecule has 0 aliphatic heterocycles.